The standard InChI is InChI=1S/C20H20ClN3O2S/c1-14-3-2-4-16(11-14)26-13-19(25)23-7-9-24(10-8-23)20-22-17-6-5-15(21)12-18(17)27-20/h2-6,11-12H,7-10,13H2,1H3. The van der Waals surface area contributed by atoms with Crippen LogP contribution in [0.5, 0.6) is 5.75 Å². The molecule has 1 amide bonds. The summed E-state index contributed by atoms with van der Waals surface area (Å²) in [4.78, 5) is 21.2. The Hall–Kier alpha value is -2.31. The van der Waals surface area contributed by atoms with Gasteiger partial charge in [0.25, 0.3) is 5.91 Å². The zero-order chi connectivity index (χ0) is 18.8. The number of hydrogen-bond donors (Lipinski definition) is 0. The minimum absolute atomic E-state index is 0.0206. The average Bonchev–Trinajstić information content (AvgIpc) is 3.09. The van der Waals surface area contributed by atoms with Gasteiger partial charge in [0, 0.05) is 31.2 Å². The van der Waals surface area contributed by atoms with Crippen LogP contribution in [0.15, 0.2) is 42.5 Å². The van der Waals surface area contributed by atoms with E-state index >= 15 is 0 Å². The summed E-state index contributed by atoms with van der Waals surface area (Å²) >= 11 is 7.70. The molecule has 1 aromatic heterocycles. The van der Waals surface area contributed by atoms with Crippen LogP contribution in [0.25, 0.3) is 10.2 Å². The Kier molecular flexibility index (Phi) is 5.18. The monoisotopic (exact) mass is 401 g/mol. The third-order valence-electron chi connectivity index (χ3n) is 4.59. The molecule has 140 valence electrons. The van der Waals surface area contributed by atoms with Crippen LogP contribution >= 0.6 is 22.9 Å². The number of halogens is 1. The van der Waals surface area contributed by atoms with Crippen LogP contribution in [0, 0.1) is 6.92 Å². The summed E-state index contributed by atoms with van der Waals surface area (Å²) in [6.45, 7) is 4.96. The molecule has 1 aliphatic heterocycles. The van der Waals surface area contributed by atoms with Gasteiger partial charge in [0.05, 0.1) is 10.2 Å². The molecule has 1 saturated heterocycles. The van der Waals surface area contributed by atoms with Crippen molar-refractivity contribution < 1.29 is 9.53 Å². The lowest BCUT2D eigenvalue weighted by Gasteiger charge is -2.34. The fourth-order valence-electron chi connectivity index (χ4n) is 3.11. The van der Waals surface area contributed by atoms with Crippen molar-refractivity contribution in [3.63, 3.8) is 0 Å². The van der Waals surface area contributed by atoms with Crippen LogP contribution in [-0.4, -0.2) is 48.6 Å². The molecule has 0 atom stereocenters. The molecule has 0 unspecified atom stereocenters. The Balaban J connectivity index is 1.33. The van der Waals surface area contributed by atoms with Crippen LogP contribution < -0.4 is 9.64 Å². The molecule has 5 nitrogen and oxygen atoms in total. The third kappa shape index (κ3) is 4.17. The molecule has 4 rings (SSSR count). The number of nitrogens with zero attached hydrogens (tertiary/aromatic N) is 3. The summed E-state index contributed by atoms with van der Waals surface area (Å²) < 4.78 is 6.72. The average molecular weight is 402 g/mol. The van der Waals surface area contributed by atoms with Crippen molar-refractivity contribution in [1.29, 1.82) is 0 Å². The Labute approximate surface area is 167 Å². The second-order valence-corrected chi connectivity index (χ2v) is 8.03. The zero-order valence-electron chi connectivity index (χ0n) is 15.0. The van der Waals surface area contributed by atoms with Gasteiger partial charge in [-0.15, -0.1) is 0 Å². The fraction of sp³-hybridized carbons (Fsp3) is 0.300. The Bertz CT molecular complexity index is 967. The van der Waals surface area contributed by atoms with Crippen LogP contribution in [-0.2, 0) is 4.79 Å². The number of thiazole rings is 1. The highest BCUT2D eigenvalue weighted by Crippen LogP contribution is 2.31. The minimum atomic E-state index is 0.0206. The number of amides is 1. The van der Waals surface area contributed by atoms with Gasteiger partial charge in [-0.2, -0.15) is 0 Å². The lowest BCUT2D eigenvalue weighted by molar-refractivity contribution is -0.133. The molecular weight excluding hydrogens is 382 g/mol. The maximum atomic E-state index is 12.4. The summed E-state index contributed by atoms with van der Waals surface area (Å²) in [6.07, 6.45) is 0. The molecule has 2 heterocycles. The molecular formula is C20H20ClN3O2S. The number of rotatable bonds is 4. The highest BCUT2D eigenvalue weighted by atomic mass is 35.5. The van der Waals surface area contributed by atoms with Crippen molar-refractivity contribution in [2.75, 3.05) is 37.7 Å². The molecule has 2 aromatic carbocycles. The van der Waals surface area contributed by atoms with Crippen LogP contribution in [0.1, 0.15) is 5.56 Å². The molecule has 1 fully saturated rings. The molecule has 0 radical (unpaired) electrons. The van der Waals surface area contributed by atoms with Gasteiger partial charge < -0.3 is 14.5 Å². The number of carbonyl (C=O) groups is 1. The fourth-order valence-corrected chi connectivity index (χ4v) is 4.40. The first-order valence-electron chi connectivity index (χ1n) is 8.87. The summed E-state index contributed by atoms with van der Waals surface area (Å²) in [5, 5.41) is 1.71. The topological polar surface area (TPSA) is 45.7 Å². The second-order valence-electron chi connectivity index (χ2n) is 6.58. The number of carbonyl (C=O) groups excluding carboxylic acids is 1. The second kappa shape index (κ2) is 7.74. The molecule has 0 aliphatic carbocycles. The normalized spacial score (nSPS) is 14.6. The quantitative estimate of drug-likeness (QED) is 0.663. The van der Waals surface area contributed by atoms with E-state index in [-0.39, 0.29) is 12.5 Å². The molecule has 7 heteroatoms. The van der Waals surface area contributed by atoms with Crippen molar-refractivity contribution in [3.8, 4) is 5.75 Å². The van der Waals surface area contributed by atoms with E-state index in [1.165, 1.54) is 0 Å². The number of fused-ring (bicyclic) bond motifs is 1. The van der Waals surface area contributed by atoms with Crippen molar-refractivity contribution in [2.24, 2.45) is 0 Å². The van der Waals surface area contributed by atoms with Crippen molar-refractivity contribution >= 4 is 44.2 Å². The predicted molar refractivity (Wildman–Crippen MR) is 110 cm³/mol. The Morgan fingerprint density at radius 3 is 2.78 bits per heavy atom. The summed E-state index contributed by atoms with van der Waals surface area (Å²) in [7, 11) is 0. The Morgan fingerprint density at radius 2 is 2.00 bits per heavy atom. The number of aromatic nitrogens is 1. The van der Waals surface area contributed by atoms with Crippen molar-refractivity contribution in [3.05, 3.63) is 53.1 Å². The van der Waals surface area contributed by atoms with Crippen molar-refractivity contribution in [1.82, 2.24) is 9.88 Å². The molecule has 0 bridgehead atoms. The summed E-state index contributed by atoms with van der Waals surface area (Å²) in [5.41, 5.74) is 2.08. The summed E-state index contributed by atoms with van der Waals surface area (Å²) in [6, 6.07) is 13.5. The number of anilines is 1. The number of aryl methyl sites for hydroxylation is 1. The number of hydrogen-bond acceptors (Lipinski definition) is 5. The van der Waals surface area contributed by atoms with Crippen molar-refractivity contribution in [2.45, 2.75) is 6.92 Å². The van der Waals surface area contributed by atoms with E-state index in [1.54, 1.807) is 11.3 Å². The lowest BCUT2D eigenvalue weighted by Crippen LogP contribution is -2.50. The maximum Gasteiger partial charge on any atom is 0.260 e. The molecule has 1 aliphatic rings. The maximum absolute atomic E-state index is 12.4. The van der Waals surface area contributed by atoms with E-state index in [4.69, 9.17) is 16.3 Å². The lowest BCUT2D eigenvalue weighted by atomic mass is 10.2. The van der Waals surface area contributed by atoms with Crippen LogP contribution in [0.3, 0.4) is 0 Å². The highest BCUT2D eigenvalue weighted by Gasteiger charge is 2.23. The highest BCUT2D eigenvalue weighted by molar-refractivity contribution is 7.22. The van der Waals surface area contributed by atoms with Gasteiger partial charge >= 0.3 is 0 Å². The van der Waals surface area contributed by atoms with Crippen LogP contribution in [0.2, 0.25) is 5.02 Å². The Morgan fingerprint density at radius 1 is 1.19 bits per heavy atom. The molecule has 27 heavy (non-hydrogen) atoms. The van der Waals surface area contributed by atoms with Gasteiger partial charge in [-0.1, -0.05) is 35.1 Å². The number of piperazine rings is 1. The molecule has 0 spiro atoms. The predicted octanol–water partition coefficient (Wildman–Crippen LogP) is 3.99. The first-order chi connectivity index (χ1) is 13.1. The van der Waals surface area contributed by atoms with Gasteiger partial charge in [0.15, 0.2) is 11.7 Å². The summed E-state index contributed by atoms with van der Waals surface area (Å²) in [5.74, 6) is 0.752. The van der Waals surface area contributed by atoms with Gasteiger partial charge in [-0.05, 0) is 42.8 Å². The van der Waals surface area contributed by atoms with E-state index in [2.05, 4.69) is 9.88 Å². The van der Waals surface area contributed by atoms with E-state index in [0.717, 1.165) is 44.8 Å². The van der Waals surface area contributed by atoms with E-state index in [1.807, 2.05) is 54.3 Å². The van der Waals surface area contributed by atoms with Gasteiger partial charge in [0.1, 0.15) is 5.75 Å². The van der Waals surface area contributed by atoms with Gasteiger partial charge in [-0.3, -0.25) is 4.79 Å². The first kappa shape index (κ1) is 18.1. The van der Waals surface area contributed by atoms with Gasteiger partial charge in [0.2, 0.25) is 0 Å². The first-order valence-corrected chi connectivity index (χ1v) is 10.1. The SMILES string of the molecule is Cc1cccc(OCC(=O)N2CCN(c3nc4ccc(Cl)cc4s3)CC2)c1. The van der Waals surface area contributed by atoms with Gasteiger partial charge in [-0.25, -0.2) is 4.98 Å². The number of ether oxygens (including phenoxy) is 1. The smallest absolute Gasteiger partial charge is 0.260 e. The minimum Gasteiger partial charge on any atom is -0.484 e. The molecule has 3 aromatic rings. The van der Waals surface area contributed by atoms with E-state index < -0.39 is 0 Å². The third-order valence-corrected chi connectivity index (χ3v) is 5.91. The number of benzene rings is 2. The van der Waals surface area contributed by atoms with E-state index in [9.17, 15) is 4.79 Å². The van der Waals surface area contributed by atoms with E-state index in [0.29, 0.717) is 13.1 Å². The molecule has 0 saturated carbocycles. The molecule has 0 N–H and O–H groups in total. The zero-order valence-corrected chi connectivity index (χ0v) is 16.6. The van der Waals surface area contributed by atoms with Crippen LogP contribution in [0.4, 0.5) is 5.13 Å². The largest absolute Gasteiger partial charge is 0.484 e.